The van der Waals surface area contributed by atoms with Crippen LogP contribution < -0.4 is 5.32 Å². The average molecular weight is 443 g/mol. The predicted molar refractivity (Wildman–Crippen MR) is 124 cm³/mol. The number of thiophene rings is 1. The van der Waals surface area contributed by atoms with Crippen LogP contribution >= 0.6 is 11.3 Å². The second-order valence-corrected chi connectivity index (χ2v) is 8.15. The van der Waals surface area contributed by atoms with E-state index in [-0.39, 0.29) is 11.8 Å². The molecule has 4 rings (SSSR count). The lowest BCUT2D eigenvalue weighted by Crippen LogP contribution is -2.43. The van der Waals surface area contributed by atoms with Crippen LogP contribution in [0.4, 0.5) is 0 Å². The first-order valence-corrected chi connectivity index (χ1v) is 11.1. The second-order valence-electron chi connectivity index (χ2n) is 7.11. The van der Waals surface area contributed by atoms with Gasteiger partial charge in [-0.15, -0.1) is 11.3 Å². The van der Waals surface area contributed by atoms with Crippen molar-refractivity contribution in [2.45, 2.75) is 19.1 Å². The zero-order valence-electron chi connectivity index (χ0n) is 17.3. The van der Waals surface area contributed by atoms with Gasteiger partial charge in [0.1, 0.15) is 11.7 Å². The number of amides is 2. The van der Waals surface area contributed by atoms with Gasteiger partial charge in [0, 0.05) is 30.0 Å². The SMILES string of the molecule is O=C(NCc1ccccc1)C(c1ccncc1)N(Cc1cccs1)C(=O)c1ccccn1. The molecule has 0 aliphatic carbocycles. The first kappa shape index (κ1) is 21.4. The Labute approximate surface area is 190 Å². The molecule has 6 nitrogen and oxygen atoms in total. The van der Waals surface area contributed by atoms with Gasteiger partial charge in [0.25, 0.3) is 5.91 Å². The van der Waals surface area contributed by atoms with Crippen LogP contribution in [0.1, 0.15) is 32.5 Å². The summed E-state index contributed by atoms with van der Waals surface area (Å²) in [4.78, 5) is 37.9. The van der Waals surface area contributed by atoms with E-state index >= 15 is 0 Å². The molecule has 1 N–H and O–H groups in total. The molecule has 2 amide bonds. The van der Waals surface area contributed by atoms with Gasteiger partial charge in [0.2, 0.25) is 5.91 Å². The molecule has 0 aliphatic rings. The Hall–Kier alpha value is -3.84. The van der Waals surface area contributed by atoms with E-state index in [2.05, 4.69) is 15.3 Å². The number of hydrogen-bond acceptors (Lipinski definition) is 5. The van der Waals surface area contributed by atoms with Gasteiger partial charge < -0.3 is 10.2 Å². The normalized spacial score (nSPS) is 11.5. The third-order valence-electron chi connectivity index (χ3n) is 4.94. The van der Waals surface area contributed by atoms with E-state index in [4.69, 9.17) is 0 Å². The fraction of sp³-hybridized carbons (Fsp3) is 0.120. The van der Waals surface area contributed by atoms with Crippen molar-refractivity contribution in [3.8, 4) is 0 Å². The van der Waals surface area contributed by atoms with Crippen molar-refractivity contribution in [2.24, 2.45) is 0 Å². The Morgan fingerprint density at radius 3 is 2.38 bits per heavy atom. The van der Waals surface area contributed by atoms with E-state index in [9.17, 15) is 9.59 Å². The molecular formula is C25H22N4O2S. The van der Waals surface area contributed by atoms with Crippen LogP contribution in [0.2, 0.25) is 0 Å². The third kappa shape index (κ3) is 5.25. The lowest BCUT2D eigenvalue weighted by molar-refractivity contribution is -0.126. The highest BCUT2D eigenvalue weighted by Gasteiger charge is 2.32. The largest absolute Gasteiger partial charge is 0.350 e. The number of benzene rings is 1. The molecule has 0 bridgehead atoms. The van der Waals surface area contributed by atoms with Crippen molar-refractivity contribution in [2.75, 3.05) is 0 Å². The highest BCUT2D eigenvalue weighted by Crippen LogP contribution is 2.26. The summed E-state index contributed by atoms with van der Waals surface area (Å²) in [6, 6.07) is 21.4. The van der Waals surface area contributed by atoms with Crippen molar-refractivity contribution in [3.63, 3.8) is 0 Å². The second kappa shape index (κ2) is 10.5. The summed E-state index contributed by atoms with van der Waals surface area (Å²) >= 11 is 1.54. The maximum absolute atomic E-state index is 13.5. The Morgan fingerprint density at radius 1 is 0.906 bits per heavy atom. The van der Waals surface area contributed by atoms with E-state index in [1.54, 1.807) is 65.2 Å². The van der Waals surface area contributed by atoms with Gasteiger partial charge in [-0.05, 0) is 46.8 Å². The molecule has 0 saturated heterocycles. The van der Waals surface area contributed by atoms with Crippen LogP contribution in [0.15, 0.2) is 96.8 Å². The number of nitrogens with one attached hydrogen (secondary N) is 1. The van der Waals surface area contributed by atoms with Crippen molar-refractivity contribution in [1.82, 2.24) is 20.2 Å². The monoisotopic (exact) mass is 442 g/mol. The van der Waals surface area contributed by atoms with Crippen molar-refractivity contribution in [3.05, 3.63) is 118 Å². The molecule has 160 valence electrons. The molecule has 3 heterocycles. The minimum Gasteiger partial charge on any atom is -0.350 e. The number of pyridine rings is 2. The van der Waals surface area contributed by atoms with Crippen molar-refractivity contribution >= 4 is 23.2 Å². The number of carbonyl (C=O) groups excluding carboxylic acids is 2. The molecule has 0 fully saturated rings. The molecule has 0 aliphatic heterocycles. The lowest BCUT2D eigenvalue weighted by Gasteiger charge is -2.31. The molecule has 0 radical (unpaired) electrons. The van der Waals surface area contributed by atoms with E-state index in [0.29, 0.717) is 24.3 Å². The van der Waals surface area contributed by atoms with Gasteiger partial charge in [-0.25, -0.2) is 0 Å². The van der Waals surface area contributed by atoms with Crippen LogP contribution in [-0.2, 0) is 17.9 Å². The van der Waals surface area contributed by atoms with Crippen LogP contribution in [-0.4, -0.2) is 26.7 Å². The zero-order chi connectivity index (χ0) is 22.2. The number of hydrogen-bond donors (Lipinski definition) is 1. The first-order valence-electron chi connectivity index (χ1n) is 10.2. The average Bonchev–Trinajstić information content (AvgIpc) is 3.37. The Balaban J connectivity index is 1.68. The van der Waals surface area contributed by atoms with E-state index in [1.165, 1.54) is 0 Å². The maximum Gasteiger partial charge on any atom is 0.273 e. The minimum absolute atomic E-state index is 0.263. The molecule has 4 aromatic rings. The summed E-state index contributed by atoms with van der Waals surface area (Å²) in [7, 11) is 0. The van der Waals surface area contributed by atoms with E-state index in [1.807, 2.05) is 47.8 Å². The quantitative estimate of drug-likeness (QED) is 0.443. The van der Waals surface area contributed by atoms with Gasteiger partial charge in [0.15, 0.2) is 0 Å². The summed E-state index contributed by atoms with van der Waals surface area (Å²) in [6.07, 6.45) is 4.83. The molecule has 3 aromatic heterocycles. The number of nitrogens with zero attached hydrogens (tertiary/aromatic N) is 3. The maximum atomic E-state index is 13.5. The molecule has 32 heavy (non-hydrogen) atoms. The summed E-state index contributed by atoms with van der Waals surface area (Å²) in [5.74, 6) is -0.573. The van der Waals surface area contributed by atoms with Gasteiger partial charge in [-0.2, -0.15) is 0 Å². The summed E-state index contributed by atoms with van der Waals surface area (Å²) in [5, 5.41) is 4.95. The van der Waals surface area contributed by atoms with E-state index < -0.39 is 6.04 Å². The Bertz CT molecular complexity index is 1140. The standard InChI is InChI=1S/C25H22N4O2S/c30-24(28-17-19-7-2-1-3-8-19)23(20-11-14-26-15-12-20)29(18-21-9-6-16-32-21)25(31)22-10-4-5-13-27-22/h1-16,23H,17-18H2,(H,28,30). The summed E-state index contributed by atoms with van der Waals surface area (Å²) in [6.45, 7) is 0.657. The number of carbonyl (C=O) groups is 2. The van der Waals surface area contributed by atoms with Crippen molar-refractivity contribution < 1.29 is 9.59 Å². The number of rotatable bonds is 8. The lowest BCUT2D eigenvalue weighted by atomic mass is 10.0. The molecule has 1 unspecified atom stereocenters. The van der Waals surface area contributed by atoms with Crippen LogP contribution in [0.25, 0.3) is 0 Å². The molecular weight excluding hydrogens is 420 g/mol. The fourth-order valence-electron chi connectivity index (χ4n) is 3.39. The van der Waals surface area contributed by atoms with Gasteiger partial charge in [-0.1, -0.05) is 42.5 Å². The van der Waals surface area contributed by atoms with Gasteiger partial charge in [0.05, 0.1) is 6.54 Å². The van der Waals surface area contributed by atoms with E-state index in [0.717, 1.165) is 10.4 Å². The van der Waals surface area contributed by atoms with Crippen LogP contribution in [0.5, 0.6) is 0 Å². The third-order valence-corrected chi connectivity index (χ3v) is 5.80. The molecule has 1 atom stereocenters. The summed E-state index contributed by atoms with van der Waals surface area (Å²) < 4.78 is 0. The molecule has 7 heteroatoms. The molecule has 0 saturated carbocycles. The van der Waals surface area contributed by atoms with Crippen molar-refractivity contribution in [1.29, 1.82) is 0 Å². The van der Waals surface area contributed by atoms with Gasteiger partial charge >= 0.3 is 0 Å². The highest BCUT2D eigenvalue weighted by molar-refractivity contribution is 7.09. The van der Waals surface area contributed by atoms with Crippen LogP contribution in [0.3, 0.4) is 0 Å². The first-order chi connectivity index (χ1) is 15.7. The highest BCUT2D eigenvalue weighted by atomic mass is 32.1. The topological polar surface area (TPSA) is 75.2 Å². The summed E-state index contributed by atoms with van der Waals surface area (Å²) in [5.41, 5.74) is 1.96. The zero-order valence-corrected chi connectivity index (χ0v) is 18.1. The smallest absolute Gasteiger partial charge is 0.273 e. The minimum atomic E-state index is -0.835. The predicted octanol–water partition coefficient (Wildman–Crippen LogP) is 4.24. The van der Waals surface area contributed by atoms with Gasteiger partial charge in [-0.3, -0.25) is 19.6 Å². The Morgan fingerprint density at radius 2 is 1.69 bits per heavy atom. The van der Waals surface area contributed by atoms with Crippen LogP contribution in [0, 0.1) is 0 Å². The molecule has 0 spiro atoms. The Kier molecular flexibility index (Phi) is 6.99. The molecule has 1 aromatic carbocycles. The fourth-order valence-corrected chi connectivity index (χ4v) is 4.09. The number of aromatic nitrogens is 2.